The lowest BCUT2D eigenvalue weighted by Gasteiger charge is -2.29. The second kappa shape index (κ2) is 8.73. The van der Waals surface area contributed by atoms with Crippen LogP contribution in [0.15, 0.2) is 36.4 Å². The molecule has 2 heterocycles. The molecule has 1 saturated heterocycles. The van der Waals surface area contributed by atoms with Crippen molar-refractivity contribution in [3.8, 4) is 5.75 Å². The average Bonchev–Trinajstić information content (AvgIpc) is 3.13. The van der Waals surface area contributed by atoms with E-state index in [-0.39, 0.29) is 39.1 Å². The van der Waals surface area contributed by atoms with Crippen LogP contribution in [-0.2, 0) is 22.7 Å². The molecule has 3 N–H and O–H groups in total. The van der Waals surface area contributed by atoms with Gasteiger partial charge < -0.3 is 20.1 Å². The van der Waals surface area contributed by atoms with Crippen molar-refractivity contribution < 1.29 is 30.0 Å². The Labute approximate surface area is 179 Å². The number of hydrogen-bond donors (Lipinski definition) is 3. The number of carbonyl (C=O) groups excluding carboxylic acids is 3. The van der Waals surface area contributed by atoms with E-state index in [4.69, 9.17) is 11.2 Å². The molecule has 2 aromatic carbocycles. The first-order chi connectivity index (χ1) is 15.3. The summed E-state index contributed by atoms with van der Waals surface area (Å²) in [6.07, 6.45) is -0.0968. The Kier molecular flexibility index (Phi) is 5.49. The van der Waals surface area contributed by atoms with E-state index >= 15 is 0 Å². The Balaban J connectivity index is 1.54. The van der Waals surface area contributed by atoms with Gasteiger partial charge in [-0.05, 0) is 36.8 Å². The van der Waals surface area contributed by atoms with E-state index in [0.29, 0.717) is 28.1 Å². The fourth-order valence-electron chi connectivity index (χ4n) is 3.71. The van der Waals surface area contributed by atoms with Gasteiger partial charge in [0, 0.05) is 41.9 Å². The number of anilines is 1. The van der Waals surface area contributed by atoms with Crippen molar-refractivity contribution >= 4 is 23.4 Å². The van der Waals surface area contributed by atoms with E-state index in [1.165, 1.54) is 18.2 Å². The molecule has 0 bridgehead atoms. The lowest BCUT2D eigenvalue weighted by atomic mass is 10.0. The van der Waals surface area contributed by atoms with Crippen LogP contribution in [0.25, 0.3) is 0 Å². The molecule has 0 unspecified atom stereocenters. The zero-order valence-corrected chi connectivity index (χ0v) is 16.6. The second-order valence-corrected chi connectivity index (χ2v) is 7.23. The number of rotatable bonds is 7. The van der Waals surface area contributed by atoms with Gasteiger partial charge in [-0.15, -0.1) is 0 Å². The number of nitrogens with zero attached hydrogens (tertiary/aromatic N) is 1. The minimum absolute atomic E-state index is 0.0184. The van der Waals surface area contributed by atoms with Crippen LogP contribution < -0.4 is 15.4 Å². The van der Waals surface area contributed by atoms with Gasteiger partial charge in [0.1, 0.15) is 24.2 Å². The zero-order valence-electron chi connectivity index (χ0n) is 17.6. The van der Waals surface area contributed by atoms with Crippen molar-refractivity contribution in [3.05, 3.63) is 58.9 Å². The monoisotopic (exact) mass is 428 g/mol. The first-order valence-corrected chi connectivity index (χ1v) is 9.87. The van der Waals surface area contributed by atoms with E-state index in [1.807, 2.05) is 0 Å². The maximum absolute atomic E-state index is 14.3. The lowest BCUT2D eigenvalue weighted by molar-refractivity contribution is -0.136. The van der Waals surface area contributed by atoms with Crippen LogP contribution in [0, 0.1) is 5.82 Å². The number of amides is 3. The number of nitrogens with one attached hydrogen (secondary N) is 2. The molecule has 2 aliphatic heterocycles. The van der Waals surface area contributed by atoms with Crippen molar-refractivity contribution in [3.63, 3.8) is 0 Å². The quantitative estimate of drug-likeness (QED) is 0.578. The predicted molar refractivity (Wildman–Crippen MR) is 109 cm³/mol. The van der Waals surface area contributed by atoms with Gasteiger partial charge in [-0.1, -0.05) is 6.07 Å². The SMILES string of the molecule is [2H][C@@]1(N2Cc3c(NCc4cc(OCCO)ccc4F)cccc3C2=O)CCC(=O)NC1=O. The number of hydrogen-bond acceptors (Lipinski definition) is 6. The smallest absolute Gasteiger partial charge is 0.255 e. The number of halogens is 1. The maximum atomic E-state index is 14.3. The minimum Gasteiger partial charge on any atom is -0.491 e. The van der Waals surface area contributed by atoms with Crippen LogP contribution in [0.2, 0.25) is 0 Å². The molecule has 0 aliphatic carbocycles. The van der Waals surface area contributed by atoms with Crippen LogP contribution >= 0.6 is 0 Å². The molecule has 4 rings (SSSR count). The van der Waals surface area contributed by atoms with Crippen LogP contribution in [0.4, 0.5) is 10.1 Å². The Morgan fingerprint density at radius 1 is 1.29 bits per heavy atom. The summed E-state index contributed by atoms with van der Waals surface area (Å²) >= 11 is 0. The number of benzene rings is 2. The highest BCUT2D eigenvalue weighted by Gasteiger charge is 2.39. The van der Waals surface area contributed by atoms with Crippen molar-refractivity contribution in [2.45, 2.75) is 31.9 Å². The number of ether oxygens (including phenoxy) is 1. The highest BCUT2D eigenvalue weighted by atomic mass is 19.1. The molecule has 1 fully saturated rings. The molecule has 2 aliphatic rings. The molecule has 3 amide bonds. The topological polar surface area (TPSA) is 108 Å². The number of aliphatic hydroxyl groups excluding tert-OH is 1. The molecule has 8 nitrogen and oxygen atoms in total. The van der Waals surface area contributed by atoms with Gasteiger partial charge in [0.2, 0.25) is 11.8 Å². The third-order valence-electron chi connectivity index (χ3n) is 5.24. The summed E-state index contributed by atoms with van der Waals surface area (Å²) in [7, 11) is 0. The van der Waals surface area contributed by atoms with Gasteiger partial charge >= 0.3 is 0 Å². The molecule has 31 heavy (non-hydrogen) atoms. The highest BCUT2D eigenvalue weighted by Crippen LogP contribution is 2.32. The van der Waals surface area contributed by atoms with Gasteiger partial charge in [-0.2, -0.15) is 0 Å². The Bertz CT molecular complexity index is 1100. The van der Waals surface area contributed by atoms with Crippen molar-refractivity contribution in [2.24, 2.45) is 0 Å². The highest BCUT2D eigenvalue weighted by molar-refractivity contribution is 6.06. The summed E-state index contributed by atoms with van der Waals surface area (Å²) in [5.41, 5.74) is 1.87. The summed E-state index contributed by atoms with van der Waals surface area (Å²) < 4.78 is 28.2. The van der Waals surface area contributed by atoms with Gasteiger partial charge in [0.05, 0.1) is 7.98 Å². The third-order valence-corrected chi connectivity index (χ3v) is 5.24. The zero-order chi connectivity index (χ0) is 22.9. The summed E-state index contributed by atoms with van der Waals surface area (Å²) in [5, 5.41) is 14.1. The minimum atomic E-state index is -1.87. The molecule has 0 saturated carbocycles. The molecule has 2 aromatic rings. The van der Waals surface area contributed by atoms with Crippen molar-refractivity contribution in [1.29, 1.82) is 0 Å². The van der Waals surface area contributed by atoms with E-state index in [1.54, 1.807) is 18.2 Å². The standard InChI is InChI=1S/C22H22FN3O5/c23-17-5-4-14(31-9-8-27)10-13(17)11-24-18-3-1-2-15-16(18)12-26(22(15)30)19-6-7-20(28)25-21(19)29/h1-5,10,19,24,27H,6-9,11-12H2,(H,25,28,29)/t19-/m1/s1/i19D. The van der Waals surface area contributed by atoms with Crippen LogP contribution in [0.1, 0.15) is 35.7 Å². The molecule has 9 heteroatoms. The van der Waals surface area contributed by atoms with Crippen molar-refractivity contribution in [1.82, 2.24) is 10.2 Å². The third kappa shape index (κ3) is 4.22. The molecule has 0 spiro atoms. The second-order valence-electron chi connectivity index (χ2n) is 7.23. The van der Waals surface area contributed by atoms with Crippen molar-refractivity contribution in [2.75, 3.05) is 18.5 Å². The number of fused-ring (bicyclic) bond motifs is 1. The Morgan fingerprint density at radius 3 is 2.90 bits per heavy atom. The molecular formula is C22H22FN3O5. The van der Waals surface area contributed by atoms with E-state index in [2.05, 4.69) is 10.6 Å². The number of piperidine rings is 1. The number of imide groups is 1. The van der Waals surface area contributed by atoms with Gasteiger partial charge in [-0.25, -0.2) is 4.39 Å². The van der Waals surface area contributed by atoms with Gasteiger partial charge in [0.15, 0.2) is 0 Å². The summed E-state index contributed by atoms with van der Waals surface area (Å²) in [6.45, 7) is 0.0599. The Morgan fingerprint density at radius 2 is 2.13 bits per heavy atom. The fraction of sp³-hybridized carbons (Fsp3) is 0.318. The summed E-state index contributed by atoms with van der Waals surface area (Å²) in [6, 6.07) is 7.42. The molecule has 0 aromatic heterocycles. The van der Waals surface area contributed by atoms with Gasteiger partial charge in [0.25, 0.3) is 5.91 Å². The number of carbonyl (C=O) groups is 3. The van der Waals surface area contributed by atoms with E-state index in [0.717, 1.165) is 4.90 Å². The lowest BCUT2D eigenvalue weighted by Crippen LogP contribution is -2.52. The van der Waals surface area contributed by atoms with E-state index in [9.17, 15) is 18.8 Å². The normalized spacial score (nSPS) is 20.9. The predicted octanol–water partition coefficient (Wildman–Crippen LogP) is 1.57. The van der Waals surface area contributed by atoms with Crippen LogP contribution in [0.3, 0.4) is 0 Å². The molecule has 162 valence electrons. The molecular weight excluding hydrogens is 405 g/mol. The molecule has 0 radical (unpaired) electrons. The van der Waals surface area contributed by atoms with Crippen LogP contribution in [0.5, 0.6) is 5.75 Å². The fourth-order valence-corrected chi connectivity index (χ4v) is 3.71. The first-order valence-electron chi connectivity index (χ1n) is 10.4. The summed E-state index contributed by atoms with van der Waals surface area (Å²) in [5.74, 6) is -1.75. The van der Waals surface area contributed by atoms with Crippen LogP contribution in [-0.4, -0.2) is 47.0 Å². The largest absolute Gasteiger partial charge is 0.491 e. The first kappa shape index (κ1) is 19.5. The number of aliphatic hydroxyl groups is 1. The molecule has 1 atom stereocenters. The summed E-state index contributed by atoms with van der Waals surface area (Å²) in [4.78, 5) is 38.0. The average molecular weight is 428 g/mol. The van der Waals surface area contributed by atoms with Gasteiger partial charge in [-0.3, -0.25) is 19.7 Å². The van der Waals surface area contributed by atoms with E-state index < -0.39 is 29.6 Å². The maximum Gasteiger partial charge on any atom is 0.255 e. The Hall–Kier alpha value is -3.46.